The van der Waals surface area contributed by atoms with E-state index >= 15 is 0 Å². The molecule has 0 spiro atoms. The fourth-order valence-electron chi connectivity index (χ4n) is 2.39. The Morgan fingerprint density at radius 3 is 2.92 bits per heavy atom. The molecule has 0 aromatic rings. The lowest BCUT2D eigenvalue weighted by Crippen LogP contribution is -2.35. The first-order chi connectivity index (χ1) is 6.29. The smallest absolute Gasteiger partial charge is 0.0666 e. The van der Waals surface area contributed by atoms with Crippen LogP contribution in [0.1, 0.15) is 19.8 Å². The molecule has 0 saturated heterocycles. The van der Waals surface area contributed by atoms with Crippen LogP contribution >= 0.6 is 0 Å². The van der Waals surface area contributed by atoms with E-state index < -0.39 is 0 Å². The predicted octanol–water partition coefficient (Wildman–Crippen LogP) is 1.70. The van der Waals surface area contributed by atoms with Crippen LogP contribution in [0.25, 0.3) is 0 Å². The third-order valence-corrected chi connectivity index (χ3v) is 3.19. The maximum atomic E-state index is 8.64. The topological polar surface area (TPSA) is 35.8 Å². The molecule has 2 unspecified atom stereocenters. The van der Waals surface area contributed by atoms with Crippen molar-refractivity contribution in [3.63, 3.8) is 0 Å². The van der Waals surface area contributed by atoms with Gasteiger partial charge < -0.3 is 5.32 Å². The normalized spacial score (nSPS) is 37.7. The van der Waals surface area contributed by atoms with Crippen molar-refractivity contribution in [3.8, 4) is 6.07 Å². The van der Waals surface area contributed by atoms with Gasteiger partial charge in [0.05, 0.1) is 12.0 Å². The number of fused-ring (bicyclic) bond motifs is 2. The lowest BCUT2D eigenvalue weighted by atomic mass is 10.0. The molecule has 0 amide bonds. The Morgan fingerprint density at radius 2 is 2.38 bits per heavy atom. The Bertz CT molecular complexity index is 251. The Balaban J connectivity index is 1.78. The highest BCUT2D eigenvalue weighted by atomic mass is 14.9. The zero-order valence-electron chi connectivity index (χ0n) is 8.03. The molecule has 0 heterocycles. The van der Waals surface area contributed by atoms with Crippen molar-refractivity contribution < 1.29 is 0 Å². The zero-order valence-corrected chi connectivity index (χ0v) is 8.03. The van der Waals surface area contributed by atoms with Gasteiger partial charge in [0.2, 0.25) is 0 Å². The fraction of sp³-hybridized carbons (Fsp3) is 0.727. The number of hydrogen-bond acceptors (Lipinski definition) is 2. The van der Waals surface area contributed by atoms with Crippen LogP contribution in [0, 0.1) is 29.1 Å². The zero-order chi connectivity index (χ0) is 9.26. The van der Waals surface area contributed by atoms with Gasteiger partial charge >= 0.3 is 0 Å². The lowest BCUT2D eigenvalue weighted by Gasteiger charge is -2.20. The summed E-state index contributed by atoms with van der Waals surface area (Å²) in [7, 11) is 0. The molecular formula is C11H16N2. The van der Waals surface area contributed by atoms with Crippen LogP contribution in [0.4, 0.5) is 0 Å². The summed E-state index contributed by atoms with van der Waals surface area (Å²) in [6.45, 7) is 2.81. The summed E-state index contributed by atoms with van der Waals surface area (Å²) >= 11 is 0. The standard InChI is InChI=1S/C11H16N2/c1-8(6-12)7-13-11-5-9-2-3-10(11)4-9/h2-3,8-11,13H,4-5,7H2,1H3/t8?,9-,10+,11?/m1/s1. The molecule has 0 radical (unpaired) electrons. The lowest BCUT2D eigenvalue weighted by molar-refractivity contribution is 0.432. The van der Waals surface area contributed by atoms with E-state index in [1.807, 2.05) is 6.92 Å². The Morgan fingerprint density at radius 1 is 1.54 bits per heavy atom. The number of nitrogens with zero attached hydrogens (tertiary/aromatic N) is 1. The highest BCUT2D eigenvalue weighted by Gasteiger charge is 2.35. The summed E-state index contributed by atoms with van der Waals surface area (Å²) in [6, 6.07) is 2.90. The van der Waals surface area contributed by atoms with E-state index in [0.717, 1.165) is 18.4 Å². The van der Waals surface area contributed by atoms with Gasteiger partial charge in [-0.25, -0.2) is 0 Å². The Kier molecular flexibility index (Phi) is 2.37. The fourth-order valence-corrected chi connectivity index (χ4v) is 2.39. The van der Waals surface area contributed by atoms with Crippen LogP contribution in [0.3, 0.4) is 0 Å². The van der Waals surface area contributed by atoms with Crippen molar-refractivity contribution in [2.75, 3.05) is 6.54 Å². The predicted molar refractivity (Wildman–Crippen MR) is 51.9 cm³/mol. The average molecular weight is 176 g/mol. The van der Waals surface area contributed by atoms with E-state index in [1.54, 1.807) is 0 Å². The minimum absolute atomic E-state index is 0.142. The summed E-state index contributed by atoms with van der Waals surface area (Å²) in [5.41, 5.74) is 0. The molecule has 2 bridgehead atoms. The molecule has 1 saturated carbocycles. The molecule has 2 nitrogen and oxygen atoms in total. The maximum Gasteiger partial charge on any atom is 0.0666 e. The van der Waals surface area contributed by atoms with E-state index in [9.17, 15) is 0 Å². The van der Waals surface area contributed by atoms with Crippen LogP contribution in [0.2, 0.25) is 0 Å². The van der Waals surface area contributed by atoms with E-state index in [1.165, 1.54) is 12.8 Å². The van der Waals surface area contributed by atoms with Crippen molar-refractivity contribution in [1.29, 1.82) is 5.26 Å². The number of nitriles is 1. The third-order valence-electron chi connectivity index (χ3n) is 3.19. The van der Waals surface area contributed by atoms with E-state index in [4.69, 9.17) is 5.26 Å². The highest BCUT2D eigenvalue weighted by Crippen LogP contribution is 2.38. The average Bonchev–Trinajstić information content (AvgIpc) is 2.74. The van der Waals surface area contributed by atoms with Crippen molar-refractivity contribution in [2.24, 2.45) is 17.8 Å². The second kappa shape index (κ2) is 3.51. The second-order valence-corrected chi connectivity index (χ2v) is 4.33. The summed E-state index contributed by atoms with van der Waals surface area (Å²) in [4.78, 5) is 0. The number of allylic oxidation sites excluding steroid dienone is 1. The second-order valence-electron chi connectivity index (χ2n) is 4.33. The van der Waals surface area contributed by atoms with Gasteiger partial charge in [-0.15, -0.1) is 0 Å². The van der Waals surface area contributed by atoms with Crippen molar-refractivity contribution in [2.45, 2.75) is 25.8 Å². The quantitative estimate of drug-likeness (QED) is 0.664. The van der Waals surface area contributed by atoms with Crippen LogP contribution in [0.15, 0.2) is 12.2 Å². The first kappa shape index (κ1) is 8.77. The van der Waals surface area contributed by atoms with Crippen LogP contribution < -0.4 is 5.32 Å². The van der Waals surface area contributed by atoms with Gasteiger partial charge in [-0.2, -0.15) is 5.26 Å². The monoisotopic (exact) mass is 176 g/mol. The van der Waals surface area contributed by atoms with Crippen LogP contribution in [-0.2, 0) is 0 Å². The minimum atomic E-state index is 0.142. The minimum Gasteiger partial charge on any atom is -0.312 e. The van der Waals surface area contributed by atoms with Crippen LogP contribution in [-0.4, -0.2) is 12.6 Å². The van der Waals surface area contributed by atoms with Crippen LogP contribution in [0.5, 0.6) is 0 Å². The molecule has 2 aliphatic carbocycles. The number of nitrogens with one attached hydrogen (secondary N) is 1. The SMILES string of the molecule is CC(C#N)CNC1C[C@@H]2C=C[C@H]1C2. The summed E-state index contributed by atoms with van der Waals surface area (Å²) in [5, 5.41) is 12.1. The Hall–Kier alpha value is -0.810. The van der Waals surface area contributed by atoms with Gasteiger partial charge in [-0.1, -0.05) is 12.2 Å². The molecular weight excluding hydrogens is 160 g/mol. The van der Waals surface area contributed by atoms with Gasteiger partial charge in [0.25, 0.3) is 0 Å². The summed E-state index contributed by atoms with van der Waals surface area (Å²) < 4.78 is 0. The highest BCUT2D eigenvalue weighted by molar-refractivity contribution is 5.12. The summed E-state index contributed by atoms with van der Waals surface area (Å²) in [6.07, 6.45) is 7.29. The van der Waals surface area contributed by atoms with Gasteiger partial charge in [0.1, 0.15) is 0 Å². The van der Waals surface area contributed by atoms with Gasteiger partial charge in [0, 0.05) is 12.6 Å². The molecule has 70 valence electrons. The molecule has 2 aliphatic rings. The van der Waals surface area contributed by atoms with Crippen molar-refractivity contribution >= 4 is 0 Å². The van der Waals surface area contributed by atoms with E-state index in [0.29, 0.717) is 6.04 Å². The first-order valence-electron chi connectivity index (χ1n) is 5.11. The first-order valence-corrected chi connectivity index (χ1v) is 5.11. The molecule has 0 aromatic carbocycles. The molecule has 0 aliphatic heterocycles. The number of rotatable bonds is 3. The summed E-state index contributed by atoms with van der Waals surface area (Å²) in [5.74, 6) is 1.71. The molecule has 13 heavy (non-hydrogen) atoms. The van der Waals surface area contributed by atoms with Crippen molar-refractivity contribution in [3.05, 3.63) is 12.2 Å². The molecule has 2 heteroatoms. The van der Waals surface area contributed by atoms with E-state index in [-0.39, 0.29) is 5.92 Å². The maximum absolute atomic E-state index is 8.64. The molecule has 0 aromatic heterocycles. The third kappa shape index (κ3) is 1.76. The molecule has 2 rings (SSSR count). The van der Waals surface area contributed by atoms with Gasteiger partial charge in [0.15, 0.2) is 0 Å². The number of hydrogen-bond donors (Lipinski definition) is 1. The van der Waals surface area contributed by atoms with Crippen molar-refractivity contribution in [1.82, 2.24) is 5.32 Å². The molecule has 1 fully saturated rings. The Labute approximate surface area is 79.6 Å². The molecule has 4 atom stereocenters. The van der Waals surface area contributed by atoms with Gasteiger partial charge in [-0.05, 0) is 31.6 Å². The van der Waals surface area contributed by atoms with E-state index in [2.05, 4.69) is 23.5 Å². The van der Waals surface area contributed by atoms with Gasteiger partial charge in [-0.3, -0.25) is 0 Å². The largest absolute Gasteiger partial charge is 0.312 e. The molecule has 1 N–H and O–H groups in total.